The lowest BCUT2D eigenvalue weighted by Crippen LogP contribution is -2.42. The zero-order valence-corrected chi connectivity index (χ0v) is 21.3. The van der Waals surface area contributed by atoms with Crippen molar-refractivity contribution in [3.63, 3.8) is 0 Å². The third kappa shape index (κ3) is 5.66. The first-order valence-corrected chi connectivity index (χ1v) is 13.7. The van der Waals surface area contributed by atoms with Crippen molar-refractivity contribution in [1.82, 2.24) is 20.2 Å². The highest BCUT2D eigenvalue weighted by molar-refractivity contribution is 5.93. The van der Waals surface area contributed by atoms with Crippen molar-refractivity contribution in [1.29, 1.82) is 0 Å². The average molecular weight is 489 g/mol. The summed E-state index contributed by atoms with van der Waals surface area (Å²) in [7, 11) is 0. The molecule has 5 rings (SSSR count). The fourth-order valence-corrected chi connectivity index (χ4v) is 6.40. The van der Waals surface area contributed by atoms with Gasteiger partial charge < -0.3 is 5.11 Å². The van der Waals surface area contributed by atoms with Gasteiger partial charge in [-0.3, -0.25) is 20.0 Å². The summed E-state index contributed by atoms with van der Waals surface area (Å²) < 4.78 is 0. The first-order valence-electron chi connectivity index (χ1n) is 13.7. The van der Waals surface area contributed by atoms with Gasteiger partial charge in [-0.15, -0.1) is 6.58 Å². The highest BCUT2D eigenvalue weighted by Crippen LogP contribution is 2.37. The predicted molar refractivity (Wildman–Crippen MR) is 144 cm³/mol. The van der Waals surface area contributed by atoms with Crippen LogP contribution >= 0.6 is 0 Å². The van der Waals surface area contributed by atoms with E-state index in [0.717, 1.165) is 63.1 Å². The average Bonchev–Trinajstić information content (AvgIpc) is 3.01. The van der Waals surface area contributed by atoms with Crippen molar-refractivity contribution in [3.05, 3.63) is 77.9 Å². The van der Waals surface area contributed by atoms with Crippen LogP contribution in [0.1, 0.15) is 72.5 Å². The van der Waals surface area contributed by atoms with Gasteiger partial charge in [0.25, 0.3) is 5.91 Å². The minimum Gasteiger partial charge on any atom is -0.508 e. The topological polar surface area (TPSA) is 59.0 Å². The molecule has 36 heavy (non-hydrogen) atoms. The van der Waals surface area contributed by atoms with Gasteiger partial charge in [-0.1, -0.05) is 43.2 Å². The Morgan fingerprint density at radius 1 is 0.972 bits per heavy atom. The summed E-state index contributed by atoms with van der Waals surface area (Å²) >= 11 is 0. The van der Waals surface area contributed by atoms with Crippen LogP contribution in [0.4, 0.5) is 0 Å². The molecule has 0 saturated carbocycles. The molecule has 3 saturated heterocycles. The number of fused-ring (bicyclic) bond motifs is 2. The van der Waals surface area contributed by atoms with E-state index in [1.165, 1.54) is 25.7 Å². The van der Waals surface area contributed by atoms with E-state index in [-0.39, 0.29) is 17.7 Å². The Morgan fingerprint density at radius 3 is 2.44 bits per heavy atom. The number of carbonyl (C=O) groups excluding carboxylic acids is 1. The molecule has 6 nitrogen and oxygen atoms in total. The summed E-state index contributed by atoms with van der Waals surface area (Å²) in [6, 6.07) is 16.9. The Labute approximate surface area is 215 Å². The second-order valence-electron chi connectivity index (χ2n) is 10.6. The van der Waals surface area contributed by atoms with Gasteiger partial charge in [0, 0.05) is 50.4 Å². The van der Waals surface area contributed by atoms with Crippen molar-refractivity contribution in [2.24, 2.45) is 0 Å². The van der Waals surface area contributed by atoms with Gasteiger partial charge in [-0.05, 0) is 67.5 Å². The number of phenolic OH excluding ortho intramolecular Hbond substituents is 1. The number of likely N-dealkylation sites (tertiary alicyclic amines) is 1. The molecule has 3 aliphatic rings. The van der Waals surface area contributed by atoms with E-state index in [2.05, 4.69) is 45.0 Å². The maximum Gasteiger partial charge on any atom is 0.265 e. The molecule has 3 atom stereocenters. The number of phenols is 1. The van der Waals surface area contributed by atoms with E-state index in [0.29, 0.717) is 17.6 Å². The number of hydrogen-bond donors (Lipinski definition) is 2. The fraction of sp³-hybridized carbons (Fsp3) is 0.500. The van der Waals surface area contributed by atoms with Crippen LogP contribution in [0, 0.1) is 0 Å². The molecule has 2 N–H and O–H groups in total. The number of nitrogens with one attached hydrogen (secondary N) is 1. The lowest BCUT2D eigenvalue weighted by atomic mass is 9.94. The number of carbonyl (C=O) groups is 1. The maximum atomic E-state index is 12.9. The molecule has 3 aliphatic heterocycles. The molecular formula is C30H40N4O2. The zero-order chi connectivity index (χ0) is 24.9. The summed E-state index contributed by atoms with van der Waals surface area (Å²) in [6.07, 6.45) is 10.4. The van der Waals surface area contributed by atoms with Gasteiger partial charge in [-0.2, -0.15) is 0 Å². The van der Waals surface area contributed by atoms with Crippen LogP contribution < -0.4 is 5.43 Å². The highest BCUT2D eigenvalue weighted by Gasteiger charge is 2.38. The largest absolute Gasteiger partial charge is 0.508 e. The molecular weight excluding hydrogens is 448 g/mol. The summed E-state index contributed by atoms with van der Waals surface area (Å²) in [4.78, 5) is 18.1. The molecule has 6 heteroatoms. The van der Waals surface area contributed by atoms with Gasteiger partial charge in [-0.25, -0.2) is 5.01 Å². The van der Waals surface area contributed by atoms with Gasteiger partial charge in [0.1, 0.15) is 5.75 Å². The Morgan fingerprint density at radius 2 is 1.72 bits per heavy atom. The summed E-state index contributed by atoms with van der Waals surface area (Å²) in [5.41, 5.74) is 6.03. The van der Waals surface area contributed by atoms with E-state index in [4.69, 9.17) is 0 Å². The van der Waals surface area contributed by atoms with Crippen LogP contribution in [0.5, 0.6) is 5.75 Å². The Hall–Kier alpha value is -2.67. The molecule has 0 aromatic heterocycles. The number of rotatable bonds is 7. The lowest BCUT2D eigenvalue weighted by molar-refractivity contribution is 0.0794. The number of aromatic hydroxyl groups is 1. The van der Waals surface area contributed by atoms with Gasteiger partial charge in [0.15, 0.2) is 0 Å². The number of nitrogens with zero attached hydrogens (tertiary/aromatic N) is 3. The van der Waals surface area contributed by atoms with E-state index in [9.17, 15) is 9.90 Å². The maximum absolute atomic E-state index is 12.9. The highest BCUT2D eigenvalue weighted by atomic mass is 16.3. The number of amides is 1. The van der Waals surface area contributed by atoms with Crippen molar-refractivity contribution in [3.8, 4) is 5.75 Å². The number of hydrogen-bond acceptors (Lipinski definition) is 5. The molecule has 192 valence electrons. The summed E-state index contributed by atoms with van der Waals surface area (Å²) in [6.45, 7) is 8.77. The van der Waals surface area contributed by atoms with Gasteiger partial charge >= 0.3 is 0 Å². The molecule has 2 aromatic rings. The predicted octanol–water partition coefficient (Wildman–Crippen LogP) is 4.73. The quantitative estimate of drug-likeness (QED) is 0.552. The Kier molecular flexibility index (Phi) is 8.05. The molecule has 3 unspecified atom stereocenters. The minimum absolute atomic E-state index is 0.0322. The van der Waals surface area contributed by atoms with E-state index in [1.54, 1.807) is 6.07 Å². The number of benzene rings is 2. The van der Waals surface area contributed by atoms with E-state index < -0.39 is 0 Å². The third-order valence-corrected chi connectivity index (χ3v) is 8.21. The molecule has 0 spiro atoms. The fourth-order valence-electron chi connectivity index (χ4n) is 6.40. The molecule has 0 radical (unpaired) electrons. The van der Waals surface area contributed by atoms with Crippen LogP contribution in [-0.4, -0.2) is 70.6 Å². The monoisotopic (exact) mass is 488 g/mol. The molecule has 2 bridgehead atoms. The van der Waals surface area contributed by atoms with Crippen LogP contribution in [0.15, 0.2) is 61.2 Å². The van der Waals surface area contributed by atoms with Crippen molar-refractivity contribution >= 4 is 5.91 Å². The first kappa shape index (κ1) is 25.0. The molecule has 2 aromatic carbocycles. The molecule has 3 heterocycles. The van der Waals surface area contributed by atoms with Crippen LogP contribution in [0.3, 0.4) is 0 Å². The summed E-state index contributed by atoms with van der Waals surface area (Å²) in [5.74, 6) is 0.250. The van der Waals surface area contributed by atoms with Crippen molar-refractivity contribution in [2.45, 2.75) is 63.1 Å². The third-order valence-electron chi connectivity index (χ3n) is 8.21. The standard InChI is InChI=1S/C30H40N4O2/c1-2-17-34-26-14-15-27(34)22-32(20-16-26)29(25-8-7-9-28(35)21-25)23-10-12-24(13-11-23)30(36)31-33-18-5-3-4-6-19-33/h2,7-13,21,26-27,29,35H,1,3-6,14-20,22H2,(H,31,36). The van der Waals surface area contributed by atoms with Crippen molar-refractivity contribution < 1.29 is 9.90 Å². The van der Waals surface area contributed by atoms with Crippen LogP contribution in [-0.2, 0) is 0 Å². The Balaban J connectivity index is 1.37. The normalized spacial score (nSPS) is 24.6. The minimum atomic E-state index is -0.0375. The van der Waals surface area contributed by atoms with Crippen LogP contribution in [0.25, 0.3) is 0 Å². The van der Waals surface area contributed by atoms with Gasteiger partial charge in [0.05, 0.1) is 6.04 Å². The summed E-state index contributed by atoms with van der Waals surface area (Å²) in [5, 5.41) is 12.3. The van der Waals surface area contributed by atoms with Crippen LogP contribution in [0.2, 0.25) is 0 Å². The molecule has 1 amide bonds. The second kappa shape index (κ2) is 11.6. The van der Waals surface area contributed by atoms with Gasteiger partial charge in [0.2, 0.25) is 0 Å². The van der Waals surface area contributed by atoms with E-state index >= 15 is 0 Å². The molecule has 0 aliphatic carbocycles. The number of hydrazine groups is 1. The Bertz CT molecular complexity index is 1030. The molecule has 3 fully saturated rings. The second-order valence-corrected chi connectivity index (χ2v) is 10.6. The van der Waals surface area contributed by atoms with Crippen molar-refractivity contribution in [2.75, 3.05) is 32.7 Å². The van der Waals surface area contributed by atoms with E-state index in [1.807, 2.05) is 30.3 Å². The SMILES string of the molecule is C=CCN1C2CCC1CN(C(c1ccc(C(=O)NN3CCCCCC3)cc1)c1cccc(O)c1)CC2. The first-order chi connectivity index (χ1) is 17.6. The smallest absolute Gasteiger partial charge is 0.265 e. The lowest BCUT2D eigenvalue weighted by Gasteiger charge is -2.34. The zero-order valence-electron chi connectivity index (χ0n) is 21.3.